The van der Waals surface area contributed by atoms with Crippen LogP contribution in [0.5, 0.6) is 0 Å². The van der Waals surface area contributed by atoms with Gasteiger partial charge in [0.05, 0.1) is 22.4 Å². The summed E-state index contributed by atoms with van der Waals surface area (Å²) in [5.41, 5.74) is 13.4. The molecular formula is C43H30N2. The molecule has 0 fully saturated rings. The van der Waals surface area contributed by atoms with E-state index in [1.165, 1.54) is 54.9 Å². The number of hydrogen-bond acceptors (Lipinski definition) is 2. The molecule has 0 radical (unpaired) electrons. The monoisotopic (exact) mass is 574 g/mol. The van der Waals surface area contributed by atoms with Gasteiger partial charge in [-0.05, 0) is 91.3 Å². The summed E-state index contributed by atoms with van der Waals surface area (Å²) in [7, 11) is 0. The van der Waals surface area contributed by atoms with Crippen LogP contribution in [-0.2, 0) is 5.41 Å². The van der Waals surface area contributed by atoms with Crippen molar-refractivity contribution in [1.29, 1.82) is 0 Å². The molecule has 0 unspecified atom stereocenters. The van der Waals surface area contributed by atoms with Crippen molar-refractivity contribution in [3.63, 3.8) is 0 Å². The third-order valence-corrected chi connectivity index (χ3v) is 9.63. The van der Waals surface area contributed by atoms with E-state index < -0.39 is 0 Å². The number of nitrogens with zero attached hydrogens (tertiary/aromatic N) is 2. The lowest BCUT2D eigenvalue weighted by Gasteiger charge is -2.22. The van der Waals surface area contributed by atoms with Crippen molar-refractivity contribution in [2.45, 2.75) is 19.3 Å². The van der Waals surface area contributed by atoms with E-state index in [0.717, 1.165) is 33.5 Å². The maximum atomic E-state index is 5.24. The molecule has 9 rings (SSSR count). The Hall–Kier alpha value is -5.60. The van der Waals surface area contributed by atoms with Gasteiger partial charge in [-0.25, -0.2) is 9.97 Å². The molecule has 0 atom stereocenters. The van der Waals surface area contributed by atoms with Crippen molar-refractivity contribution >= 4 is 32.6 Å². The second kappa shape index (κ2) is 9.70. The summed E-state index contributed by atoms with van der Waals surface area (Å²) >= 11 is 0. The first-order valence-corrected chi connectivity index (χ1v) is 15.6. The summed E-state index contributed by atoms with van der Waals surface area (Å²) in [6.07, 6.45) is 0. The summed E-state index contributed by atoms with van der Waals surface area (Å²) in [6, 6.07) is 52.4. The molecule has 212 valence electrons. The first-order chi connectivity index (χ1) is 22.0. The standard InChI is InChI=1S/C43H30N2/c1-43(2)37-26-34(21-22-35(37)36-24-31-11-5-6-12-32(31)25-38(36)43)42-41(44-39-13-7-8-14-40(39)45-42)29-18-15-28(16-19-29)33-20-17-27-9-3-4-10-30(27)23-33/h3-26H,1-2H3. The minimum absolute atomic E-state index is 0.128. The van der Waals surface area contributed by atoms with Gasteiger partial charge in [-0.2, -0.15) is 0 Å². The van der Waals surface area contributed by atoms with Gasteiger partial charge in [0.1, 0.15) is 0 Å². The van der Waals surface area contributed by atoms with E-state index in [2.05, 4.69) is 141 Å². The molecule has 1 aromatic heterocycles. The molecule has 1 aliphatic carbocycles. The van der Waals surface area contributed by atoms with Crippen LogP contribution in [0, 0.1) is 0 Å². The van der Waals surface area contributed by atoms with Gasteiger partial charge in [0.15, 0.2) is 0 Å². The Morgan fingerprint density at radius 1 is 0.378 bits per heavy atom. The predicted octanol–water partition coefficient (Wildman–Crippen LogP) is 11.2. The van der Waals surface area contributed by atoms with Crippen LogP contribution in [0.2, 0.25) is 0 Å². The summed E-state index contributed by atoms with van der Waals surface area (Å²) in [5.74, 6) is 0. The number of benzene rings is 7. The third-order valence-electron chi connectivity index (χ3n) is 9.63. The largest absolute Gasteiger partial charge is 0.244 e. The molecule has 2 nitrogen and oxygen atoms in total. The van der Waals surface area contributed by atoms with E-state index in [-0.39, 0.29) is 5.41 Å². The fourth-order valence-electron chi connectivity index (χ4n) is 7.16. The Morgan fingerprint density at radius 3 is 1.60 bits per heavy atom. The second-order valence-electron chi connectivity index (χ2n) is 12.7. The molecule has 0 spiro atoms. The Bertz CT molecular complexity index is 2450. The molecule has 1 heterocycles. The van der Waals surface area contributed by atoms with Gasteiger partial charge in [0.2, 0.25) is 0 Å². The normalized spacial score (nSPS) is 13.3. The van der Waals surface area contributed by atoms with E-state index in [1.807, 2.05) is 18.2 Å². The summed E-state index contributed by atoms with van der Waals surface area (Å²) in [6.45, 7) is 4.68. The zero-order valence-corrected chi connectivity index (χ0v) is 25.3. The lowest BCUT2D eigenvalue weighted by atomic mass is 9.81. The number of rotatable bonds is 3. The van der Waals surface area contributed by atoms with Crippen molar-refractivity contribution in [2.24, 2.45) is 0 Å². The summed E-state index contributed by atoms with van der Waals surface area (Å²) in [5, 5.41) is 5.06. The van der Waals surface area contributed by atoms with Crippen LogP contribution in [0.1, 0.15) is 25.0 Å². The SMILES string of the molecule is CC1(C)c2cc(-c3nc4ccccc4nc3-c3ccc(-c4ccc5ccccc5c4)cc3)ccc2-c2cc3ccccc3cc21. The highest BCUT2D eigenvalue weighted by atomic mass is 14.8. The second-order valence-corrected chi connectivity index (χ2v) is 12.7. The first kappa shape index (κ1) is 25.9. The van der Waals surface area contributed by atoms with Crippen molar-refractivity contribution in [2.75, 3.05) is 0 Å². The molecule has 0 bridgehead atoms. The molecule has 1 aliphatic rings. The Kier molecular flexibility index (Phi) is 5.58. The Morgan fingerprint density at radius 2 is 0.889 bits per heavy atom. The maximum Gasteiger partial charge on any atom is 0.0973 e. The minimum atomic E-state index is -0.128. The van der Waals surface area contributed by atoms with Crippen LogP contribution >= 0.6 is 0 Å². The van der Waals surface area contributed by atoms with E-state index in [9.17, 15) is 0 Å². The molecule has 0 aliphatic heterocycles. The van der Waals surface area contributed by atoms with Crippen LogP contribution in [0.3, 0.4) is 0 Å². The van der Waals surface area contributed by atoms with Gasteiger partial charge in [0.25, 0.3) is 0 Å². The summed E-state index contributed by atoms with van der Waals surface area (Å²) < 4.78 is 0. The van der Waals surface area contributed by atoms with Crippen molar-refractivity contribution < 1.29 is 0 Å². The number of para-hydroxylation sites is 2. The Balaban J connectivity index is 1.18. The molecule has 8 aromatic rings. The van der Waals surface area contributed by atoms with Gasteiger partial charge < -0.3 is 0 Å². The summed E-state index contributed by atoms with van der Waals surface area (Å²) in [4.78, 5) is 10.5. The van der Waals surface area contributed by atoms with Crippen LogP contribution in [-0.4, -0.2) is 9.97 Å². The molecule has 0 saturated heterocycles. The van der Waals surface area contributed by atoms with Crippen molar-refractivity contribution in [3.8, 4) is 44.8 Å². The zero-order valence-electron chi connectivity index (χ0n) is 25.3. The number of aromatic nitrogens is 2. The van der Waals surface area contributed by atoms with Crippen LogP contribution in [0.25, 0.3) is 77.3 Å². The highest BCUT2D eigenvalue weighted by Crippen LogP contribution is 2.51. The van der Waals surface area contributed by atoms with Crippen LogP contribution in [0.4, 0.5) is 0 Å². The molecule has 0 amide bonds. The first-order valence-electron chi connectivity index (χ1n) is 15.6. The smallest absolute Gasteiger partial charge is 0.0973 e. The van der Waals surface area contributed by atoms with E-state index in [0.29, 0.717) is 0 Å². The average molecular weight is 575 g/mol. The highest BCUT2D eigenvalue weighted by Gasteiger charge is 2.36. The quantitative estimate of drug-likeness (QED) is 0.210. The molecule has 0 N–H and O–H groups in total. The van der Waals surface area contributed by atoms with Crippen LogP contribution in [0.15, 0.2) is 146 Å². The van der Waals surface area contributed by atoms with Crippen molar-refractivity contribution in [1.82, 2.24) is 9.97 Å². The lowest BCUT2D eigenvalue weighted by molar-refractivity contribution is 0.661. The van der Waals surface area contributed by atoms with Gasteiger partial charge in [-0.15, -0.1) is 0 Å². The van der Waals surface area contributed by atoms with E-state index >= 15 is 0 Å². The third kappa shape index (κ3) is 4.10. The molecule has 2 heteroatoms. The predicted molar refractivity (Wildman–Crippen MR) is 188 cm³/mol. The van der Waals surface area contributed by atoms with E-state index in [4.69, 9.17) is 9.97 Å². The zero-order chi connectivity index (χ0) is 30.1. The number of hydrogen-bond donors (Lipinski definition) is 0. The van der Waals surface area contributed by atoms with Crippen LogP contribution < -0.4 is 0 Å². The van der Waals surface area contributed by atoms with E-state index in [1.54, 1.807) is 0 Å². The van der Waals surface area contributed by atoms with Gasteiger partial charge >= 0.3 is 0 Å². The lowest BCUT2D eigenvalue weighted by Crippen LogP contribution is -2.15. The average Bonchev–Trinajstić information content (AvgIpc) is 3.31. The highest BCUT2D eigenvalue weighted by molar-refractivity contribution is 5.95. The van der Waals surface area contributed by atoms with Gasteiger partial charge in [-0.3, -0.25) is 0 Å². The van der Waals surface area contributed by atoms with Gasteiger partial charge in [-0.1, -0.05) is 123 Å². The molecular weight excluding hydrogens is 544 g/mol. The maximum absolute atomic E-state index is 5.24. The number of fused-ring (bicyclic) bond motifs is 6. The Labute approximate surface area is 262 Å². The molecule has 7 aromatic carbocycles. The minimum Gasteiger partial charge on any atom is -0.244 e. The topological polar surface area (TPSA) is 25.8 Å². The fraction of sp³-hybridized carbons (Fsp3) is 0.0698. The van der Waals surface area contributed by atoms with Crippen molar-refractivity contribution in [3.05, 3.63) is 157 Å². The molecule has 45 heavy (non-hydrogen) atoms. The van der Waals surface area contributed by atoms with Gasteiger partial charge in [0, 0.05) is 16.5 Å². The molecule has 0 saturated carbocycles. The fourth-order valence-corrected chi connectivity index (χ4v) is 7.16.